The van der Waals surface area contributed by atoms with E-state index >= 15 is 0 Å². The van der Waals surface area contributed by atoms with E-state index in [1.54, 1.807) is 5.57 Å². The van der Waals surface area contributed by atoms with E-state index in [0.29, 0.717) is 0 Å². The molecule has 1 nitrogen and oxygen atoms in total. The Morgan fingerprint density at radius 1 is 1.54 bits per heavy atom. The highest BCUT2D eigenvalue weighted by atomic mass is 14.6. The molecule has 0 spiro atoms. The molecule has 76 valence electrons. The molecule has 0 amide bonds. The van der Waals surface area contributed by atoms with Crippen LogP contribution in [0.15, 0.2) is 11.1 Å². The quantitative estimate of drug-likeness (QED) is 0.650. The first-order chi connectivity index (χ1) is 6.16. The van der Waals surface area contributed by atoms with Gasteiger partial charge in [0.05, 0.1) is 0 Å². The monoisotopic (exact) mass is 181 g/mol. The summed E-state index contributed by atoms with van der Waals surface area (Å²) in [5.74, 6) is 0.833. The standard InChI is InChI=1S/C12H23N/c1-4-11-7-5-6-8-12(11)9(2)10(3)13/h10-11H,4-8,13H2,1-3H3/b12-9+. The van der Waals surface area contributed by atoms with Crippen LogP contribution in [0.25, 0.3) is 0 Å². The summed E-state index contributed by atoms with van der Waals surface area (Å²) in [6.07, 6.45) is 6.76. The predicted molar refractivity (Wildman–Crippen MR) is 58.6 cm³/mol. The lowest BCUT2D eigenvalue weighted by molar-refractivity contribution is 0.435. The SMILES string of the molecule is CCC1CCCC/C1=C(/C)C(C)N. The molecule has 0 radical (unpaired) electrons. The molecule has 0 aromatic rings. The number of allylic oxidation sites excluding steroid dienone is 1. The lowest BCUT2D eigenvalue weighted by Crippen LogP contribution is -2.21. The summed E-state index contributed by atoms with van der Waals surface area (Å²) in [7, 11) is 0. The molecule has 2 atom stereocenters. The molecule has 0 saturated heterocycles. The van der Waals surface area contributed by atoms with E-state index in [4.69, 9.17) is 5.73 Å². The molecule has 2 unspecified atom stereocenters. The van der Waals surface area contributed by atoms with Crippen molar-refractivity contribution in [2.45, 2.75) is 58.9 Å². The van der Waals surface area contributed by atoms with E-state index in [0.717, 1.165) is 5.92 Å². The van der Waals surface area contributed by atoms with E-state index in [1.807, 2.05) is 0 Å². The Kier molecular flexibility index (Phi) is 3.98. The fourth-order valence-electron chi connectivity index (χ4n) is 2.35. The highest BCUT2D eigenvalue weighted by Gasteiger charge is 2.19. The molecule has 1 saturated carbocycles. The van der Waals surface area contributed by atoms with Crippen LogP contribution in [0.5, 0.6) is 0 Å². The molecule has 1 aliphatic rings. The van der Waals surface area contributed by atoms with Crippen LogP contribution < -0.4 is 5.73 Å². The fraction of sp³-hybridized carbons (Fsp3) is 0.833. The van der Waals surface area contributed by atoms with Crippen molar-refractivity contribution in [2.24, 2.45) is 11.7 Å². The first kappa shape index (κ1) is 10.8. The van der Waals surface area contributed by atoms with E-state index in [2.05, 4.69) is 20.8 Å². The van der Waals surface area contributed by atoms with E-state index in [9.17, 15) is 0 Å². The third-order valence-electron chi connectivity index (χ3n) is 3.42. The van der Waals surface area contributed by atoms with Gasteiger partial charge in [0.15, 0.2) is 0 Å². The summed E-state index contributed by atoms with van der Waals surface area (Å²) in [6, 6.07) is 0.252. The van der Waals surface area contributed by atoms with Crippen LogP contribution in [0.4, 0.5) is 0 Å². The Balaban J connectivity index is 2.79. The summed E-state index contributed by atoms with van der Waals surface area (Å²) in [6.45, 7) is 6.61. The maximum atomic E-state index is 5.93. The first-order valence-electron chi connectivity index (χ1n) is 5.62. The molecule has 0 aliphatic heterocycles. The second-order valence-electron chi connectivity index (χ2n) is 4.35. The van der Waals surface area contributed by atoms with Crippen molar-refractivity contribution >= 4 is 0 Å². The van der Waals surface area contributed by atoms with Gasteiger partial charge in [-0.25, -0.2) is 0 Å². The maximum Gasteiger partial charge on any atom is 0.0224 e. The number of nitrogens with two attached hydrogens (primary N) is 1. The van der Waals surface area contributed by atoms with Crippen LogP contribution in [-0.4, -0.2) is 6.04 Å². The van der Waals surface area contributed by atoms with Gasteiger partial charge in [0.1, 0.15) is 0 Å². The Hall–Kier alpha value is -0.300. The van der Waals surface area contributed by atoms with Crippen LogP contribution in [0.2, 0.25) is 0 Å². The highest BCUT2D eigenvalue weighted by molar-refractivity contribution is 5.20. The van der Waals surface area contributed by atoms with Crippen molar-refractivity contribution in [1.29, 1.82) is 0 Å². The van der Waals surface area contributed by atoms with Crippen LogP contribution >= 0.6 is 0 Å². The van der Waals surface area contributed by atoms with Gasteiger partial charge in [-0.2, -0.15) is 0 Å². The molecule has 0 heterocycles. The van der Waals surface area contributed by atoms with Crippen LogP contribution in [0, 0.1) is 5.92 Å². The van der Waals surface area contributed by atoms with Crippen LogP contribution in [-0.2, 0) is 0 Å². The number of hydrogen-bond donors (Lipinski definition) is 1. The van der Waals surface area contributed by atoms with Gasteiger partial charge in [0.25, 0.3) is 0 Å². The summed E-state index contributed by atoms with van der Waals surface area (Å²) < 4.78 is 0. The molecule has 0 aromatic heterocycles. The van der Waals surface area contributed by atoms with E-state index < -0.39 is 0 Å². The van der Waals surface area contributed by atoms with E-state index in [1.165, 1.54) is 37.7 Å². The summed E-state index contributed by atoms with van der Waals surface area (Å²) in [4.78, 5) is 0. The average molecular weight is 181 g/mol. The zero-order valence-electron chi connectivity index (χ0n) is 9.27. The van der Waals surface area contributed by atoms with Gasteiger partial charge in [-0.05, 0) is 45.4 Å². The van der Waals surface area contributed by atoms with Crippen LogP contribution in [0.1, 0.15) is 52.9 Å². The zero-order valence-corrected chi connectivity index (χ0v) is 9.27. The molecule has 0 bridgehead atoms. The molecule has 1 fully saturated rings. The number of hydrogen-bond acceptors (Lipinski definition) is 1. The third-order valence-corrected chi connectivity index (χ3v) is 3.42. The first-order valence-corrected chi connectivity index (χ1v) is 5.62. The smallest absolute Gasteiger partial charge is 0.0224 e. The van der Waals surface area contributed by atoms with Gasteiger partial charge in [-0.3, -0.25) is 0 Å². The minimum Gasteiger partial charge on any atom is -0.324 e. The third kappa shape index (κ3) is 2.57. The molecule has 1 heteroatoms. The molecule has 13 heavy (non-hydrogen) atoms. The fourth-order valence-corrected chi connectivity index (χ4v) is 2.35. The molecular weight excluding hydrogens is 158 g/mol. The number of rotatable bonds is 2. The second-order valence-corrected chi connectivity index (χ2v) is 4.35. The predicted octanol–water partition coefficient (Wildman–Crippen LogP) is 3.25. The molecule has 1 rings (SSSR count). The van der Waals surface area contributed by atoms with Crippen molar-refractivity contribution in [1.82, 2.24) is 0 Å². The minimum absolute atomic E-state index is 0.252. The zero-order chi connectivity index (χ0) is 9.84. The lowest BCUT2D eigenvalue weighted by Gasteiger charge is -2.27. The highest BCUT2D eigenvalue weighted by Crippen LogP contribution is 2.34. The van der Waals surface area contributed by atoms with Crippen molar-refractivity contribution in [2.75, 3.05) is 0 Å². The van der Waals surface area contributed by atoms with Gasteiger partial charge < -0.3 is 5.73 Å². The average Bonchev–Trinajstić information content (AvgIpc) is 2.16. The molecule has 2 N–H and O–H groups in total. The lowest BCUT2D eigenvalue weighted by atomic mass is 9.79. The Morgan fingerprint density at radius 3 is 2.77 bits per heavy atom. The van der Waals surface area contributed by atoms with Gasteiger partial charge in [0.2, 0.25) is 0 Å². The second kappa shape index (κ2) is 4.80. The largest absolute Gasteiger partial charge is 0.324 e. The summed E-state index contributed by atoms with van der Waals surface area (Å²) in [5, 5.41) is 0. The van der Waals surface area contributed by atoms with E-state index in [-0.39, 0.29) is 6.04 Å². The van der Waals surface area contributed by atoms with Gasteiger partial charge in [-0.15, -0.1) is 0 Å². The summed E-state index contributed by atoms with van der Waals surface area (Å²) in [5.41, 5.74) is 9.05. The minimum atomic E-state index is 0.252. The molecular formula is C12H23N. The van der Waals surface area contributed by atoms with Gasteiger partial charge in [0, 0.05) is 6.04 Å². The van der Waals surface area contributed by atoms with Crippen molar-refractivity contribution in [3.63, 3.8) is 0 Å². The van der Waals surface area contributed by atoms with Crippen LogP contribution in [0.3, 0.4) is 0 Å². The van der Waals surface area contributed by atoms with Crippen molar-refractivity contribution in [3.8, 4) is 0 Å². The van der Waals surface area contributed by atoms with Crippen molar-refractivity contribution in [3.05, 3.63) is 11.1 Å². The Bertz CT molecular complexity index is 191. The molecule has 1 aliphatic carbocycles. The normalized spacial score (nSPS) is 30.0. The Labute approximate surface area is 82.4 Å². The maximum absolute atomic E-state index is 5.93. The topological polar surface area (TPSA) is 26.0 Å². The van der Waals surface area contributed by atoms with Gasteiger partial charge >= 0.3 is 0 Å². The molecule has 0 aromatic carbocycles. The Morgan fingerprint density at radius 2 is 2.23 bits per heavy atom. The van der Waals surface area contributed by atoms with Crippen molar-refractivity contribution < 1.29 is 0 Å². The summed E-state index contributed by atoms with van der Waals surface area (Å²) >= 11 is 0. The van der Waals surface area contributed by atoms with Gasteiger partial charge in [-0.1, -0.05) is 24.5 Å².